The highest BCUT2D eigenvalue weighted by atomic mass is 19.4. The Morgan fingerprint density at radius 2 is 1.88 bits per heavy atom. The molecule has 1 aromatic carbocycles. The van der Waals surface area contributed by atoms with Crippen molar-refractivity contribution in [3.63, 3.8) is 0 Å². The highest BCUT2D eigenvalue weighted by Gasteiger charge is 2.34. The summed E-state index contributed by atoms with van der Waals surface area (Å²) in [6, 6.07) is 3.29. The molecule has 0 aromatic heterocycles. The summed E-state index contributed by atoms with van der Waals surface area (Å²) in [5, 5.41) is 0. The minimum Gasteiger partial charge on any atom is -0.338 e. The van der Waals surface area contributed by atoms with Gasteiger partial charge in [-0.25, -0.2) is 0 Å². The van der Waals surface area contributed by atoms with E-state index in [1.807, 2.05) is 6.92 Å². The molecule has 142 valence electrons. The van der Waals surface area contributed by atoms with Crippen molar-refractivity contribution in [2.45, 2.75) is 45.2 Å². The predicted molar refractivity (Wildman–Crippen MR) is 91.9 cm³/mol. The zero-order valence-corrected chi connectivity index (χ0v) is 14.8. The van der Waals surface area contributed by atoms with Crippen LogP contribution in [0.2, 0.25) is 0 Å². The number of carbonyl (C=O) groups excluding carboxylic acids is 2. The monoisotopic (exact) mass is 368 g/mol. The molecule has 3 rings (SSSR count). The van der Waals surface area contributed by atoms with Crippen molar-refractivity contribution in [1.29, 1.82) is 0 Å². The molecule has 0 aliphatic carbocycles. The number of nitrogens with zero attached hydrogens (tertiary/aromatic N) is 2. The van der Waals surface area contributed by atoms with Crippen molar-refractivity contribution >= 4 is 17.5 Å². The van der Waals surface area contributed by atoms with Crippen LogP contribution in [-0.2, 0) is 11.0 Å². The Hall–Kier alpha value is -2.05. The van der Waals surface area contributed by atoms with E-state index in [0.717, 1.165) is 31.4 Å². The summed E-state index contributed by atoms with van der Waals surface area (Å²) < 4.78 is 40.0. The Balaban J connectivity index is 1.97. The van der Waals surface area contributed by atoms with Crippen molar-refractivity contribution in [1.82, 2.24) is 4.90 Å². The number of amides is 2. The van der Waals surface area contributed by atoms with Gasteiger partial charge in [0.2, 0.25) is 5.91 Å². The molecule has 0 N–H and O–H groups in total. The van der Waals surface area contributed by atoms with E-state index in [1.54, 1.807) is 4.90 Å². The van der Waals surface area contributed by atoms with Gasteiger partial charge in [0.25, 0.3) is 5.91 Å². The SMILES string of the molecule is CC1CCCCN(C(=O)c2cc(N3CCCC3=O)cc(C(F)(F)F)c2)C1. The molecule has 0 bridgehead atoms. The van der Waals surface area contributed by atoms with Crippen LogP contribution in [-0.4, -0.2) is 36.3 Å². The Kier molecular flexibility index (Phi) is 5.25. The number of hydrogen-bond acceptors (Lipinski definition) is 2. The predicted octanol–water partition coefficient (Wildman–Crippen LogP) is 4.09. The average molecular weight is 368 g/mol. The second kappa shape index (κ2) is 7.29. The maximum atomic E-state index is 13.3. The van der Waals surface area contributed by atoms with Gasteiger partial charge in [-0.1, -0.05) is 13.3 Å². The number of anilines is 1. The smallest absolute Gasteiger partial charge is 0.338 e. The molecule has 2 saturated heterocycles. The van der Waals surface area contributed by atoms with Crippen molar-refractivity contribution in [2.75, 3.05) is 24.5 Å². The van der Waals surface area contributed by atoms with Crippen LogP contribution in [0.5, 0.6) is 0 Å². The summed E-state index contributed by atoms with van der Waals surface area (Å²) in [5.74, 6) is -0.268. The normalized spacial score (nSPS) is 21.8. The largest absolute Gasteiger partial charge is 0.416 e. The maximum Gasteiger partial charge on any atom is 0.416 e. The van der Waals surface area contributed by atoms with Crippen molar-refractivity contribution in [3.8, 4) is 0 Å². The zero-order valence-electron chi connectivity index (χ0n) is 14.8. The lowest BCUT2D eigenvalue weighted by Gasteiger charge is -2.25. The Morgan fingerprint density at radius 3 is 2.54 bits per heavy atom. The first-order chi connectivity index (χ1) is 12.3. The fraction of sp³-hybridized carbons (Fsp3) is 0.579. The van der Waals surface area contributed by atoms with Gasteiger partial charge in [0, 0.05) is 37.3 Å². The molecule has 2 aliphatic heterocycles. The number of rotatable bonds is 2. The van der Waals surface area contributed by atoms with Crippen LogP contribution in [0, 0.1) is 5.92 Å². The summed E-state index contributed by atoms with van der Waals surface area (Å²) in [6.07, 6.45) is -0.751. The second-order valence-electron chi connectivity index (χ2n) is 7.27. The van der Waals surface area contributed by atoms with Gasteiger partial charge in [-0.15, -0.1) is 0 Å². The first-order valence-corrected chi connectivity index (χ1v) is 9.07. The number of halogens is 3. The fourth-order valence-corrected chi connectivity index (χ4v) is 3.70. The summed E-state index contributed by atoms with van der Waals surface area (Å²) >= 11 is 0. The minimum atomic E-state index is -4.57. The molecule has 0 spiro atoms. The molecule has 2 amide bonds. The van der Waals surface area contributed by atoms with Gasteiger partial charge in [-0.3, -0.25) is 9.59 Å². The molecular weight excluding hydrogens is 345 g/mol. The third kappa shape index (κ3) is 4.02. The fourth-order valence-electron chi connectivity index (χ4n) is 3.70. The lowest BCUT2D eigenvalue weighted by Crippen LogP contribution is -2.34. The molecule has 7 heteroatoms. The lowest BCUT2D eigenvalue weighted by molar-refractivity contribution is -0.137. The molecule has 0 saturated carbocycles. The topological polar surface area (TPSA) is 40.6 Å². The first kappa shape index (κ1) is 18.7. The van der Waals surface area contributed by atoms with Gasteiger partial charge in [-0.2, -0.15) is 13.2 Å². The van der Waals surface area contributed by atoms with E-state index in [9.17, 15) is 22.8 Å². The maximum absolute atomic E-state index is 13.3. The van der Waals surface area contributed by atoms with Crippen molar-refractivity contribution in [3.05, 3.63) is 29.3 Å². The van der Waals surface area contributed by atoms with Crippen LogP contribution < -0.4 is 4.90 Å². The molecule has 1 aromatic rings. The molecule has 4 nitrogen and oxygen atoms in total. The molecule has 0 radical (unpaired) electrons. The number of likely N-dealkylation sites (tertiary alicyclic amines) is 1. The van der Waals surface area contributed by atoms with Crippen LogP contribution in [0.15, 0.2) is 18.2 Å². The molecule has 2 heterocycles. The molecule has 2 aliphatic rings. The second-order valence-corrected chi connectivity index (χ2v) is 7.27. The summed E-state index contributed by atoms with van der Waals surface area (Å²) in [6.45, 7) is 3.53. The Morgan fingerprint density at radius 1 is 1.12 bits per heavy atom. The van der Waals surface area contributed by atoms with Gasteiger partial charge >= 0.3 is 6.18 Å². The van der Waals surface area contributed by atoms with Crippen LogP contribution in [0.1, 0.15) is 54.9 Å². The highest BCUT2D eigenvalue weighted by Crippen LogP contribution is 2.34. The minimum absolute atomic E-state index is 0.00336. The van der Waals surface area contributed by atoms with E-state index in [0.29, 0.717) is 38.4 Å². The highest BCUT2D eigenvalue weighted by molar-refractivity contribution is 5.99. The summed E-state index contributed by atoms with van der Waals surface area (Å²) in [7, 11) is 0. The first-order valence-electron chi connectivity index (χ1n) is 9.07. The van der Waals surface area contributed by atoms with E-state index in [1.165, 1.54) is 11.0 Å². The quantitative estimate of drug-likeness (QED) is 0.789. The summed E-state index contributed by atoms with van der Waals surface area (Å²) in [4.78, 5) is 27.8. The molecule has 26 heavy (non-hydrogen) atoms. The van der Waals surface area contributed by atoms with Crippen LogP contribution in [0.4, 0.5) is 18.9 Å². The number of benzene rings is 1. The molecular formula is C19H23F3N2O2. The standard InChI is InChI=1S/C19H23F3N2O2/c1-13-5-2-3-7-23(12-13)18(26)14-9-15(19(20,21)22)11-16(10-14)24-8-4-6-17(24)25/h9-11,13H,2-8,12H2,1H3. The number of carbonyl (C=O) groups is 2. The van der Waals surface area contributed by atoms with Gasteiger partial charge in [-0.05, 0) is 43.4 Å². The summed E-state index contributed by atoms with van der Waals surface area (Å²) in [5.41, 5.74) is -0.724. The Labute approximate surface area is 151 Å². The van der Waals surface area contributed by atoms with E-state index in [2.05, 4.69) is 0 Å². The third-order valence-corrected chi connectivity index (χ3v) is 5.07. The van der Waals surface area contributed by atoms with Crippen LogP contribution in [0.3, 0.4) is 0 Å². The van der Waals surface area contributed by atoms with Gasteiger partial charge in [0.15, 0.2) is 0 Å². The number of alkyl halides is 3. The molecule has 1 unspecified atom stereocenters. The van der Waals surface area contributed by atoms with E-state index >= 15 is 0 Å². The van der Waals surface area contributed by atoms with Gasteiger partial charge in [0.05, 0.1) is 5.56 Å². The Bertz CT molecular complexity index is 703. The third-order valence-electron chi connectivity index (χ3n) is 5.07. The van der Waals surface area contributed by atoms with Gasteiger partial charge < -0.3 is 9.80 Å². The molecule has 1 atom stereocenters. The van der Waals surface area contributed by atoms with E-state index < -0.39 is 17.6 Å². The van der Waals surface area contributed by atoms with Crippen LogP contribution in [0.25, 0.3) is 0 Å². The average Bonchev–Trinajstić information content (AvgIpc) is 2.89. The van der Waals surface area contributed by atoms with Gasteiger partial charge in [0.1, 0.15) is 0 Å². The zero-order chi connectivity index (χ0) is 18.9. The van der Waals surface area contributed by atoms with E-state index in [-0.39, 0.29) is 17.2 Å². The number of hydrogen-bond donors (Lipinski definition) is 0. The van der Waals surface area contributed by atoms with Crippen LogP contribution >= 0.6 is 0 Å². The molecule has 2 fully saturated rings. The van der Waals surface area contributed by atoms with E-state index in [4.69, 9.17) is 0 Å². The van der Waals surface area contributed by atoms with Crippen molar-refractivity contribution < 1.29 is 22.8 Å². The van der Waals surface area contributed by atoms with Crippen molar-refractivity contribution in [2.24, 2.45) is 5.92 Å². The lowest BCUT2D eigenvalue weighted by atomic mass is 10.0.